The predicted octanol–water partition coefficient (Wildman–Crippen LogP) is 1.57. The fourth-order valence-corrected chi connectivity index (χ4v) is 2.65. The molecule has 1 fully saturated rings. The van der Waals surface area contributed by atoms with Gasteiger partial charge in [-0.3, -0.25) is 9.78 Å². The van der Waals surface area contributed by atoms with Crippen molar-refractivity contribution in [3.63, 3.8) is 0 Å². The number of pyridine rings is 1. The lowest BCUT2D eigenvalue weighted by Gasteiger charge is -2.27. The van der Waals surface area contributed by atoms with Gasteiger partial charge in [-0.2, -0.15) is 0 Å². The van der Waals surface area contributed by atoms with E-state index in [2.05, 4.69) is 22.9 Å². The molecule has 19 heavy (non-hydrogen) atoms. The number of hydrogen-bond donors (Lipinski definition) is 2. The van der Waals surface area contributed by atoms with Crippen LogP contribution in [-0.2, 0) is 0 Å². The van der Waals surface area contributed by atoms with Crippen molar-refractivity contribution in [2.75, 3.05) is 26.2 Å². The number of hydrogen-bond acceptors (Lipinski definition) is 4. The van der Waals surface area contributed by atoms with Crippen LogP contribution in [0.3, 0.4) is 0 Å². The molecule has 1 aromatic heterocycles. The summed E-state index contributed by atoms with van der Waals surface area (Å²) in [6.45, 7) is 3.21. The lowest BCUT2D eigenvalue weighted by atomic mass is 10.1. The number of para-hydroxylation sites is 1. The molecule has 98 valence electrons. The van der Waals surface area contributed by atoms with E-state index in [4.69, 9.17) is 0 Å². The minimum Gasteiger partial charge on any atom is -0.336 e. The van der Waals surface area contributed by atoms with Gasteiger partial charge < -0.3 is 10.2 Å². The normalized spacial score (nSPS) is 15.7. The molecule has 1 aliphatic heterocycles. The molecule has 1 aromatic carbocycles. The van der Waals surface area contributed by atoms with E-state index < -0.39 is 0 Å². The van der Waals surface area contributed by atoms with Gasteiger partial charge >= 0.3 is 0 Å². The Kier molecular flexibility index (Phi) is 3.40. The van der Waals surface area contributed by atoms with Gasteiger partial charge in [0.2, 0.25) is 0 Å². The van der Waals surface area contributed by atoms with Crippen LogP contribution in [0.25, 0.3) is 10.9 Å². The number of amides is 1. The molecule has 3 rings (SSSR count). The first-order valence-corrected chi connectivity index (χ1v) is 6.79. The summed E-state index contributed by atoms with van der Waals surface area (Å²) in [5, 5.41) is 4.12. The third kappa shape index (κ3) is 2.31. The molecule has 0 unspecified atom stereocenters. The van der Waals surface area contributed by atoms with Crippen molar-refractivity contribution in [3.05, 3.63) is 36.0 Å². The van der Waals surface area contributed by atoms with Crippen molar-refractivity contribution in [1.29, 1.82) is 0 Å². The first-order chi connectivity index (χ1) is 9.27. The topological polar surface area (TPSA) is 45.2 Å². The zero-order valence-electron chi connectivity index (χ0n) is 10.5. The van der Waals surface area contributed by atoms with E-state index in [0.29, 0.717) is 5.56 Å². The first-order valence-electron chi connectivity index (χ1n) is 6.34. The van der Waals surface area contributed by atoms with Gasteiger partial charge in [0.1, 0.15) is 0 Å². The SMILES string of the molecule is O=C(c1ccnc2c(S)cccc12)N1CCNCC1. The highest BCUT2D eigenvalue weighted by atomic mass is 32.1. The molecule has 0 saturated carbocycles. The monoisotopic (exact) mass is 273 g/mol. The average Bonchev–Trinajstić information content (AvgIpc) is 2.47. The molecule has 5 heteroatoms. The van der Waals surface area contributed by atoms with E-state index >= 15 is 0 Å². The molecule has 1 aliphatic rings. The number of piperazine rings is 1. The number of nitrogens with zero attached hydrogens (tertiary/aromatic N) is 2. The summed E-state index contributed by atoms with van der Waals surface area (Å²) in [5.41, 5.74) is 1.50. The van der Waals surface area contributed by atoms with Crippen LogP contribution in [0.2, 0.25) is 0 Å². The zero-order valence-corrected chi connectivity index (χ0v) is 11.4. The maximum atomic E-state index is 12.6. The van der Waals surface area contributed by atoms with Crippen molar-refractivity contribution in [2.24, 2.45) is 0 Å². The van der Waals surface area contributed by atoms with Crippen molar-refractivity contribution >= 4 is 29.4 Å². The molecular weight excluding hydrogens is 258 g/mol. The molecule has 4 nitrogen and oxygen atoms in total. The first kappa shape index (κ1) is 12.4. The molecule has 0 spiro atoms. The van der Waals surface area contributed by atoms with Gasteiger partial charge in [0.05, 0.1) is 11.1 Å². The number of rotatable bonds is 1. The van der Waals surface area contributed by atoms with Gasteiger partial charge in [-0.1, -0.05) is 12.1 Å². The largest absolute Gasteiger partial charge is 0.336 e. The van der Waals surface area contributed by atoms with Crippen LogP contribution in [0.15, 0.2) is 35.4 Å². The van der Waals surface area contributed by atoms with Crippen molar-refractivity contribution < 1.29 is 4.79 Å². The second-order valence-corrected chi connectivity index (χ2v) is 5.06. The van der Waals surface area contributed by atoms with Crippen molar-refractivity contribution in [1.82, 2.24) is 15.2 Å². The summed E-state index contributed by atoms with van der Waals surface area (Å²) in [6.07, 6.45) is 1.68. The lowest BCUT2D eigenvalue weighted by Crippen LogP contribution is -2.46. The molecule has 1 N–H and O–H groups in total. The fourth-order valence-electron chi connectivity index (χ4n) is 2.39. The van der Waals surface area contributed by atoms with Crippen LogP contribution in [0, 0.1) is 0 Å². The number of thiol groups is 1. The molecular formula is C14H15N3OS. The summed E-state index contributed by atoms with van der Waals surface area (Å²) < 4.78 is 0. The Morgan fingerprint density at radius 2 is 2.05 bits per heavy atom. The van der Waals surface area contributed by atoms with Crippen LogP contribution in [-0.4, -0.2) is 42.0 Å². The van der Waals surface area contributed by atoms with Crippen LogP contribution >= 0.6 is 12.6 Å². The van der Waals surface area contributed by atoms with E-state index in [9.17, 15) is 4.79 Å². The standard InChI is InChI=1S/C14H15N3OS/c18-14(17-8-6-15-7-9-17)11-4-5-16-13-10(11)2-1-3-12(13)19/h1-5,15,19H,6-9H2. The minimum atomic E-state index is 0.0767. The lowest BCUT2D eigenvalue weighted by molar-refractivity contribution is 0.0737. The summed E-state index contributed by atoms with van der Waals surface area (Å²) in [5.74, 6) is 0.0767. The number of nitrogens with one attached hydrogen (secondary N) is 1. The fraction of sp³-hybridized carbons (Fsp3) is 0.286. The third-order valence-electron chi connectivity index (χ3n) is 3.38. The molecule has 0 radical (unpaired) electrons. The number of fused-ring (bicyclic) bond motifs is 1. The van der Waals surface area contributed by atoms with E-state index in [0.717, 1.165) is 42.0 Å². The van der Waals surface area contributed by atoms with Gasteiger partial charge in [0, 0.05) is 42.7 Å². The predicted molar refractivity (Wildman–Crippen MR) is 77.8 cm³/mol. The van der Waals surface area contributed by atoms with Gasteiger partial charge in [-0.15, -0.1) is 12.6 Å². The van der Waals surface area contributed by atoms with Crippen LogP contribution in [0.4, 0.5) is 0 Å². The second kappa shape index (κ2) is 5.19. The molecule has 2 aromatic rings. The Hall–Kier alpha value is -1.59. The Morgan fingerprint density at radius 1 is 1.26 bits per heavy atom. The average molecular weight is 273 g/mol. The Morgan fingerprint density at radius 3 is 2.84 bits per heavy atom. The van der Waals surface area contributed by atoms with Crippen LogP contribution < -0.4 is 5.32 Å². The van der Waals surface area contributed by atoms with E-state index in [1.807, 2.05) is 23.1 Å². The smallest absolute Gasteiger partial charge is 0.254 e. The van der Waals surface area contributed by atoms with Gasteiger partial charge in [0.15, 0.2) is 0 Å². The van der Waals surface area contributed by atoms with Gasteiger partial charge in [-0.05, 0) is 12.1 Å². The summed E-state index contributed by atoms with van der Waals surface area (Å²) >= 11 is 4.40. The van der Waals surface area contributed by atoms with E-state index in [1.165, 1.54) is 0 Å². The summed E-state index contributed by atoms with van der Waals surface area (Å²) in [7, 11) is 0. The molecule has 0 bridgehead atoms. The van der Waals surface area contributed by atoms with Gasteiger partial charge in [-0.25, -0.2) is 0 Å². The molecule has 0 aliphatic carbocycles. The minimum absolute atomic E-state index is 0.0767. The number of carbonyl (C=O) groups is 1. The molecule has 1 amide bonds. The second-order valence-electron chi connectivity index (χ2n) is 4.57. The zero-order chi connectivity index (χ0) is 13.2. The summed E-state index contributed by atoms with van der Waals surface area (Å²) in [4.78, 5) is 19.6. The number of carbonyl (C=O) groups excluding carboxylic acids is 1. The Balaban J connectivity index is 2.04. The third-order valence-corrected chi connectivity index (χ3v) is 3.75. The number of benzene rings is 1. The summed E-state index contributed by atoms with van der Waals surface area (Å²) in [6, 6.07) is 7.51. The van der Waals surface area contributed by atoms with Crippen LogP contribution in [0.5, 0.6) is 0 Å². The highest BCUT2D eigenvalue weighted by Gasteiger charge is 2.20. The Labute approximate surface area is 117 Å². The van der Waals surface area contributed by atoms with Crippen LogP contribution in [0.1, 0.15) is 10.4 Å². The molecule has 1 saturated heterocycles. The van der Waals surface area contributed by atoms with Crippen molar-refractivity contribution in [2.45, 2.75) is 4.90 Å². The van der Waals surface area contributed by atoms with Crippen molar-refractivity contribution in [3.8, 4) is 0 Å². The molecule has 2 heterocycles. The highest BCUT2D eigenvalue weighted by Crippen LogP contribution is 2.23. The Bertz CT molecular complexity index is 623. The van der Waals surface area contributed by atoms with E-state index in [-0.39, 0.29) is 5.91 Å². The van der Waals surface area contributed by atoms with Gasteiger partial charge in [0.25, 0.3) is 5.91 Å². The number of aromatic nitrogens is 1. The molecule has 0 atom stereocenters. The highest BCUT2D eigenvalue weighted by molar-refractivity contribution is 7.80. The maximum Gasteiger partial charge on any atom is 0.254 e. The quantitative estimate of drug-likeness (QED) is 0.775. The van der Waals surface area contributed by atoms with E-state index in [1.54, 1.807) is 12.3 Å². The maximum absolute atomic E-state index is 12.6.